The number of ether oxygens (including phenoxy) is 3. The third kappa shape index (κ3) is 65.0. The number of rotatable bonds is 67. The Kier molecular flexibility index (Phi) is 66.0. The number of carbonyl (C=O) groups excluding carboxylic acids is 3. The van der Waals surface area contributed by atoms with Crippen LogP contribution in [0.1, 0.15) is 412 Å². The minimum Gasteiger partial charge on any atom is -0.462 e. The zero-order valence-electron chi connectivity index (χ0n) is 53.2. The number of hydrogen-bond donors (Lipinski definition) is 0. The molecule has 0 fully saturated rings. The lowest BCUT2D eigenvalue weighted by Gasteiger charge is -2.18. The van der Waals surface area contributed by atoms with E-state index in [1.165, 1.54) is 315 Å². The molecule has 0 aliphatic rings. The highest BCUT2D eigenvalue weighted by Gasteiger charge is 2.19. The molecule has 0 aliphatic heterocycles. The number of esters is 3. The van der Waals surface area contributed by atoms with Crippen molar-refractivity contribution < 1.29 is 28.6 Å². The van der Waals surface area contributed by atoms with Crippen LogP contribution < -0.4 is 0 Å². The lowest BCUT2D eigenvalue weighted by molar-refractivity contribution is -0.167. The molecule has 6 heteroatoms. The van der Waals surface area contributed by atoms with Gasteiger partial charge in [-0.25, -0.2) is 0 Å². The fourth-order valence-corrected chi connectivity index (χ4v) is 11.2. The molecule has 0 N–H and O–H groups in total. The molecule has 0 aromatic rings. The molecule has 0 aliphatic carbocycles. The minimum atomic E-state index is -0.763. The van der Waals surface area contributed by atoms with Gasteiger partial charge in [0.1, 0.15) is 13.2 Å². The van der Waals surface area contributed by atoms with Gasteiger partial charge in [-0.1, -0.05) is 360 Å². The molecule has 6 nitrogen and oxygen atoms in total. The second kappa shape index (κ2) is 67.7. The number of allylic oxidation sites excluding steroid dienone is 2. The summed E-state index contributed by atoms with van der Waals surface area (Å²) < 4.78 is 16.9. The Bertz CT molecular complexity index is 1210. The summed E-state index contributed by atoms with van der Waals surface area (Å²) in [5.74, 6) is -0.837. The van der Waals surface area contributed by atoms with E-state index in [9.17, 15) is 14.4 Å². The summed E-state index contributed by atoms with van der Waals surface area (Å²) in [6.45, 7) is 6.68. The molecule has 1 atom stereocenters. The van der Waals surface area contributed by atoms with Crippen molar-refractivity contribution in [3.63, 3.8) is 0 Å². The lowest BCUT2D eigenvalue weighted by Crippen LogP contribution is -2.30. The number of carbonyl (C=O) groups is 3. The third-order valence-electron chi connectivity index (χ3n) is 16.5. The molecule has 0 aromatic heterocycles. The Morgan fingerprint density at radius 2 is 0.423 bits per heavy atom. The molecule has 78 heavy (non-hydrogen) atoms. The van der Waals surface area contributed by atoms with Gasteiger partial charge in [0.05, 0.1) is 0 Å². The molecule has 1 unspecified atom stereocenters. The maximum absolute atomic E-state index is 12.9. The van der Waals surface area contributed by atoms with Crippen LogP contribution in [0.15, 0.2) is 12.2 Å². The van der Waals surface area contributed by atoms with E-state index in [0.717, 1.165) is 57.8 Å². The highest BCUT2D eigenvalue weighted by Crippen LogP contribution is 2.19. The van der Waals surface area contributed by atoms with Crippen molar-refractivity contribution in [2.75, 3.05) is 13.2 Å². The van der Waals surface area contributed by atoms with E-state index in [-0.39, 0.29) is 31.1 Å². The zero-order valence-corrected chi connectivity index (χ0v) is 53.2. The molecular formula is C72H138O6. The maximum atomic E-state index is 12.9. The average molecular weight is 1100 g/mol. The van der Waals surface area contributed by atoms with Crippen molar-refractivity contribution in [3.05, 3.63) is 12.2 Å². The zero-order chi connectivity index (χ0) is 56.4. The molecule has 0 rings (SSSR count). The van der Waals surface area contributed by atoms with Gasteiger partial charge in [-0.3, -0.25) is 14.4 Å². The van der Waals surface area contributed by atoms with Crippen LogP contribution in [0, 0.1) is 0 Å². The van der Waals surface area contributed by atoms with Crippen molar-refractivity contribution in [1.29, 1.82) is 0 Å². The quantitative estimate of drug-likeness (QED) is 0.0261. The van der Waals surface area contributed by atoms with E-state index in [0.29, 0.717) is 19.3 Å². The van der Waals surface area contributed by atoms with Gasteiger partial charge in [-0.2, -0.15) is 0 Å². The van der Waals surface area contributed by atoms with E-state index in [4.69, 9.17) is 14.2 Å². The van der Waals surface area contributed by atoms with Crippen LogP contribution in [-0.4, -0.2) is 37.2 Å². The van der Waals surface area contributed by atoms with E-state index >= 15 is 0 Å². The highest BCUT2D eigenvalue weighted by atomic mass is 16.6. The molecule has 0 saturated heterocycles. The van der Waals surface area contributed by atoms with Crippen LogP contribution in [0.2, 0.25) is 0 Å². The fourth-order valence-electron chi connectivity index (χ4n) is 11.2. The standard InChI is InChI=1S/C72H138O6/c1-4-7-10-13-16-18-20-22-24-26-28-30-32-34-35-36-37-38-40-41-43-45-47-49-51-53-56-59-62-65-71(74)77-68-69(67-76-70(73)64-61-58-55-15-12-9-6-3)78-72(75)66-63-60-57-54-52-50-48-46-44-42-39-33-31-29-27-25-23-21-19-17-14-11-8-5-2/h26,28,69H,4-25,27,29-68H2,1-3H3/b28-26-. The van der Waals surface area contributed by atoms with Crippen molar-refractivity contribution >= 4 is 17.9 Å². The smallest absolute Gasteiger partial charge is 0.306 e. The molecule has 0 aromatic carbocycles. The largest absolute Gasteiger partial charge is 0.462 e. The van der Waals surface area contributed by atoms with E-state index in [1.54, 1.807) is 0 Å². The predicted molar refractivity (Wildman–Crippen MR) is 340 cm³/mol. The second-order valence-electron chi connectivity index (χ2n) is 24.5. The first kappa shape index (κ1) is 76.1. The maximum Gasteiger partial charge on any atom is 0.306 e. The predicted octanol–water partition coefficient (Wildman–Crippen LogP) is 24.4. The summed E-state index contributed by atoms with van der Waals surface area (Å²) in [5, 5.41) is 0. The van der Waals surface area contributed by atoms with Crippen LogP contribution in [-0.2, 0) is 28.6 Å². The molecular weight excluding hydrogens is 961 g/mol. The van der Waals surface area contributed by atoms with Crippen molar-refractivity contribution in [2.45, 2.75) is 419 Å². The van der Waals surface area contributed by atoms with Crippen LogP contribution in [0.3, 0.4) is 0 Å². The van der Waals surface area contributed by atoms with Gasteiger partial charge in [0.25, 0.3) is 0 Å². The van der Waals surface area contributed by atoms with Gasteiger partial charge in [-0.05, 0) is 44.9 Å². The Morgan fingerprint density at radius 3 is 0.641 bits per heavy atom. The van der Waals surface area contributed by atoms with E-state index in [1.807, 2.05) is 0 Å². The third-order valence-corrected chi connectivity index (χ3v) is 16.5. The van der Waals surface area contributed by atoms with Crippen LogP contribution in [0.25, 0.3) is 0 Å². The fraction of sp³-hybridized carbons (Fsp3) is 0.931. The first-order valence-corrected chi connectivity index (χ1v) is 35.7. The summed E-state index contributed by atoms with van der Waals surface area (Å²) in [4.78, 5) is 38.2. The Hall–Kier alpha value is -1.85. The van der Waals surface area contributed by atoms with Crippen LogP contribution in [0.5, 0.6) is 0 Å². The summed E-state index contributed by atoms with van der Waals surface area (Å²) >= 11 is 0. The van der Waals surface area contributed by atoms with E-state index < -0.39 is 6.10 Å². The SMILES string of the molecule is CCCCCCCCCC/C=C\CCCCCCCCCCCCCCCCCCCC(=O)OCC(COC(=O)CCCCCCCCC)OC(=O)CCCCCCCCCCCCCCCCCCCCCCCCCC. The van der Waals surface area contributed by atoms with Crippen LogP contribution in [0.4, 0.5) is 0 Å². The summed E-state index contributed by atoms with van der Waals surface area (Å²) in [6, 6.07) is 0. The van der Waals surface area contributed by atoms with Gasteiger partial charge in [-0.15, -0.1) is 0 Å². The molecule has 0 radical (unpaired) electrons. The molecule has 0 spiro atoms. The molecule has 0 bridgehead atoms. The first-order chi connectivity index (χ1) is 38.5. The summed E-state index contributed by atoms with van der Waals surface area (Å²) in [7, 11) is 0. The van der Waals surface area contributed by atoms with Gasteiger partial charge in [0.2, 0.25) is 0 Å². The van der Waals surface area contributed by atoms with Crippen molar-refractivity contribution in [1.82, 2.24) is 0 Å². The lowest BCUT2D eigenvalue weighted by atomic mass is 10.0. The Labute approximate surface area is 488 Å². The average Bonchev–Trinajstić information content (AvgIpc) is 3.44. The Morgan fingerprint density at radius 1 is 0.244 bits per heavy atom. The first-order valence-electron chi connectivity index (χ1n) is 35.7. The van der Waals surface area contributed by atoms with Crippen LogP contribution >= 0.6 is 0 Å². The van der Waals surface area contributed by atoms with Crippen molar-refractivity contribution in [2.24, 2.45) is 0 Å². The molecule has 462 valence electrons. The Balaban J connectivity index is 3.99. The number of hydrogen-bond acceptors (Lipinski definition) is 6. The molecule has 0 heterocycles. The van der Waals surface area contributed by atoms with Gasteiger partial charge < -0.3 is 14.2 Å². The molecule has 0 amide bonds. The van der Waals surface area contributed by atoms with Crippen molar-refractivity contribution in [3.8, 4) is 0 Å². The van der Waals surface area contributed by atoms with Gasteiger partial charge >= 0.3 is 17.9 Å². The topological polar surface area (TPSA) is 78.9 Å². The van der Waals surface area contributed by atoms with E-state index in [2.05, 4.69) is 32.9 Å². The highest BCUT2D eigenvalue weighted by molar-refractivity contribution is 5.71. The van der Waals surface area contributed by atoms with Gasteiger partial charge in [0.15, 0.2) is 6.10 Å². The summed E-state index contributed by atoms with van der Waals surface area (Å²) in [6.07, 6.45) is 81.4. The minimum absolute atomic E-state index is 0.0630. The number of unbranched alkanes of at least 4 members (excludes halogenated alkanes) is 54. The normalized spacial score (nSPS) is 12.0. The summed E-state index contributed by atoms with van der Waals surface area (Å²) in [5.41, 5.74) is 0. The van der Waals surface area contributed by atoms with Gasteiger partial charge in [0, 0.05) is 19.3 Å². The second-order valence-corrected chi connectivity index (χ2v) is 24.5. The monoisotopic (exact) mass is 1100 g/mol. The molecule has 0 saturated carbocycles.